The van der Waals surface area contributed by atoms with Gasteiger partial charge >= 0.3 is 6.09 Å². The summed E-state index contributed by atoms with van der Waals surface area (Å²) in [7, 11) is 1.23. The Kier molecular flexibility index (Phi) is 7.09. The van der Waals surface area contributed by atoms with Gasteiger partial charge in [-0.15, -0.1) is 0 Å². The number of hydrogen-bond donors (Lipinski definition) is 1. The van der Waals surface area contributed by atoms with Crippen LogP contribution in [0.2, 0.25) is 0 Å². The van der Waals surface area contributed by atoms with Gasteiger partial charge in [0.1, 0.15) is 23.5 Å². The average Bonchev–Trinajstić information content (AvgIpc) is 3.48. The maximum absolute atomic E-state index is 15.2. The number of halogens is 1. The summed E-state index contributed by atoms with van der Waals surface area (Å²) < 4.78 is 22.1. The first kappa shape index (κ1) is 26.1. The molecule has 2 aromatic heterocycles. The molecule has 0 unspecified atom stereocenters. The largest absolute Gasteiger partial charge is 0.451 e. The number of pyridine rings is 1. The first-order chi connectivity index (χ1) is 20.0. The van der Waals surface area contributed by atoms with Gasteiger partial charge in [-0.25, -0.2) is 23.8 Å². The van der Waals surface area contributed by atoms with Crippen molar-refractivity contribution in [3.05, 3.63) is 108 Å². The van der Waals surface area contributed by atoms with Crippen molar-refractivity contribution >= 4 is 28.6 Å². The second-order valence-electron chi connectivity index (χ2n) is 9.51. The lowest BCUT2D eigenvalue weighted by Crippen LogP contribution is -2.47. The van der Waals surface area contributed by atoms with Crippen LogP contribution in [-0.2, 0) is 24.4 Å². The van der Waals surface area contributed by atoms with Gasteiger partial charge in [0.25, 0.3) is 5.91 Å². The van der Waals surface area contributed by atoms with Crippen molar-refractivity contribution in [1.82, 2.24) is 30.1 Å². The number of hydrogen-bond acceptors (Lipinski definition) is 7. The summed E-state index contributed by atoms with van der Waals surface area (Å²) in [6.45, 7) is 2.13. The van der Waals surface area contributed by atoms with E-state index in [0.29, 0.717) is 48.5 Å². The van der Waals surface area contributed by atoms with Gasteiger partial charge in [0.15, 0.2) is 0 Å². The molecule has 0 saturated heterocycles. The highest BCUT2D eigenvalue weighted by Gasteiger charge is 2.29. The standard InChI is InChI=1S/C30H26FN7O3/c1-41-30(40)38(21-11-6-3-7-12-21)35-29(39)26-22-13-8-14-24(31)28(22)34-27(20-9-4-2-5-10-20)23(26)17-36-15-16-37-25(18-36)32-19-33-37/h2-14,19H,15-18H2,1H3,(H,35,39). The second kappa shape index (κ2) is 11.1. The molecule has 1 N–H and O–H groups in total. The fourth-order valence-electron chi connectivity index (χ4n) is 5.05. The molecule has 0 spiro atoms. The number of aromatic nitrogens is 4. The molecule has 0 fully saturated rings. The van der Waals surface area contributed by atoms with Gasteiger partial charge in [-0.05, 0) is 18.2 Å². The molecule has 6 rings (SSSR count). The van der Waals surface area contributed by atoms with Crippen LogP contribution in [-0.4, -0.2) is 50.3 Å². The van der Waals surface area contributed by atoms with Crippen molar-refractivity contribution in [1.29, 1.82) is 0 Å². The van der Waals surface area contributed by atoms with Crippen molar-refractivity contribution < 1.29 is 18.7 Å². The number of hydrazine groups is 1. The van der Waals surface area contributed by atoms with Crippen LogP contribution in [0, 0.1) is 5.82 Å². The molecule has 5 aromatic rings. The number of para-hydroxylation sites is 2. The molecule has 0 saturated carbocycles. The van der Waals surface area contributed by atoms with Crippen LogP contribution in [0.15, 0.2) is 85.2 Å². The molecule has 10 nitrogen and oxygen atoms in total. The summed E-state index contributed by atoms with van der Waals surface area (Å²) in [6.07, 6.45) is 0.743. The van der Waals surface area contributed by atoms with E-state index in [0.717, 1.165) is 16.4 Å². The van der Waals surface area contributed by atoms with E-state index >= 15 is 4.39 Å². The lowest BCUT2D eigenvalue weighted by Gasteiger charge is -2.29. The molecule has 11 heteroatoms. The van der Waals surface area contributed by atoms with Gasteiger partial charge in [0, 0.05) is 29.6 Å². The number of nitrogens with one attached hydrogen (secondary N) is 1. The summed E-state index contributed by atoms with van der Waals surface area (Å²) in [4.78, 5) is 38.3. The van der Waals surface area contributed by atoms with Gasteiger partial charge < -0.3 is 4.74 Å². The molecule has 3 heterocycles. The van der Waals surface area contributed by atoms with Crippen molar-refractivity contribution in [2.24, 2.45) is 0 Å². The molecule has 206 valence electrons. The molecular weight excluding hydrogens is 525 g/mol. The predicted molar refractivity (Wildman–Crippen MR) is 150 cm³/mol. The minimum Gasteiger partial charge on any atom is -0.451 e. The molecular formula is C30H26FN7O3. The zero-order chi connectivity index (χ0) is 28.3. The number of benzene rings is 3. The summed E-state index contributed by atoms with van der Waals surface area (Å²) in [6, 6.07) is 22.5. The molecule has 1 aliphatic heterocycles. The zero-order valence-electron chi connectivity index (χ0n) is 22.2. The average molecular weight is 552 g/mol. The number of methoxy groups -OCH3 is 1. The summed E-state index contributed by atoms with van der Waals surface area (Å²) in [5.74, 6) is -0.354. The molecule has 0 aliphatic carbocycles. The number of amides is 2. The number of carbonyl (C=O) groups is 2. The van der Waals surface area contributed by atoms with Crippen LogP contribution in [0.4, 0.5) is 14.9 Å². The maximum atomic E-state index is 15.2. The highest BCUT2D eigenvalue weighted by atomic mass is 19.1. The van der Waals surface area contributed by atoms with Crippen molar-refractivity contribution in [3.8, 4) is 11.3 Å². The van der Waals surface area contributed by atoms with E-state index in [9.17, 15) is 9.59 Å². The number of ether oxygens (including phenoxy) is 1. The number of fused-ring (bicyclic) bond motifs is 2. The van der Waals surface area contributed by atoms with E-state index in [-0.39, 0.29) is 11.1 Å². The Morgan fingerprint density at radius 2 is 1.76 bits per heavy atom. The predicted octanol–water partition coefficient (Wildman–Crippen LogP) is 4.57. The van der Waals surface area contributed by atoms with Crippen molar-refractivity contribution in [2.75, 3.05) is 18.7 Å². The highest BCUT2D eigenvalue weighted by Crippen LogP contribution is 2.33. The first-order valence-corrected chi connectivity index (χ1v) is 13.0. The first-order valence-electron chi connectivity index (χ1n) is 13.0. The van der Waals surface area contributed by atoms with E-state index in [1.54, 1.807) is 42.5 Å². The number of nitrogens with zero attached hydrogens (tertiary/aromatic N) is 6. The number of anilines is 1. The molecule has 3 aromatic carbocycles. The summed E-state index contributed by atoms with van der Waals surface area (Å²) >= 11 is 0. The monoisotopic (exact) mass is 551 g/mol. The fourth-order valence-corrected chi connectivity index (χ4v) is 5.05. The maximum Gasteiger partial charge on any atom is 0.433 e. The van der Waals surface area contributed by atoms with Gasteiger partial charge in [0.2, 0.25) is 0 Å². The minimum atomic E-state index is -0.783. The Bertz CT molecular complexity index is 1730. The van der Waals surface area contributed by atoms with E-state index in [1.165, 1.54) is 19.5 Å². The van der Waals surface area contributed by atoms with E-state index < -0.39 is 17.8 Å². The normalized spacial score (nSPS) is 13.0. The Morgan fingerprint density at radius 1 is 1.00 bits per heavy atom. The molecule has 0 atom stereocenters. The quantitative estimate of drug-likeness (QED) is 0.319. The van der Waals surface area contributed by atoms with Crippen LogP contribution in [0.3, 0.4) is 0 Å². The lowest BCUT2D eigenvalue weighted by molar-refractivity contribution is 0.0940. The summed E-state index contributed by atoms with van der Waals surface area (Å²) in [5.41, 5.74) is 5.18. The highest BCUT2D eigenvalue weighted by molar-refractivity contribution is 6.10. The zero-order valence-corrected chi connectivity index (χ0v) is 22.2. The SMILES string of the molecule is COC(=O)N(NC(=O)c1c(CN2CCn3ncnc3C2)c(-c2ccccc2)nc2c(F)cccc12)c1ccccc1. The molecule has 2 amide bonds. The third-order valence-corrected chi connectivity index (χ3v) is 7.00. The van der Waals surface area contributed by atoms with E-state index in [4.69, 9.17) is 9.72 Å². The van der Waals surface area contributed by atoms with E-state index in [2.05, 4.69) is 20.4 Å². The minimum absolute atomic E-state index is 0.0583. The Morgan fingerprint density at radius 3 is 2.51 bits per heavy atom. The smallest absolute Gasteiger partial charge is 0.433 e. The van der Waals surface area contributed by atoms with Crippen LogP contribution in [0.25, 0.3) is 22.2 Å². The lowest BCUT2D eigenvalue weighted by atomic mass is 9.95. The molecule has 1 aliphatic rings. The Labute approximate surface area is 235 Å². The third-order valence-electron chi connectivity index (χ3n) is 7.00. The number of carbonyl (C=O) groups excluding carboxylic acids is 2. The topological polar surface area (TPSA) is 105 Å². The fraction of sp³-hybridized carbons (Fsp3) is 0.167. The second-order valence-corrected chi connectivity index (χ2v) is 9.51. The van der Waals surface area contributed by atoms with Gasteiger partial charge in [-0.1, -0.05) is 60.7 Å². The van der Waals surface area contributed by atoms with Crippen LogP contribution < -0.4 is 10.4 Å². The van der Waals surface area contributed by atoms with Crippen LogP contribution >= 0.6 is 0 Å². The molecule has 41 heavy (non-hydrogen) atoms. The summed E-state index contributed by atoms with van der Waals surface area (Å²) in [5, 5.41) is 5.62. The Hall–Kier alpha value is -5.16. The molecule has 0 bridgehead atoms. The Balaban J connectivity index is 1.52. The van der Waals surface area contributed by atoms with Crippen LogP contribution in [0.1, 0.15) is 21.7 Å². The third kappa shape index (κ3) is 5.10. The van der Waals surface area contributed by atoms with Crippen molar-refractivity contribution in [2.45, 2.75) is 19.6 Å². The van der Waals surface area contributed by atoms with Gasteiger partial charge in [0.05, 0.1) is 37.1 Å². The van der Waals surface area contributed by atoms with E-state index in [1.807, 2.05) is 35.0 Å². The molecule has 0 radical (unpaired) electrons. The van der Waals surface area contributed by atoms with Gasteiger partial charge in [-0.3, -0.25) is 15.1 Å². The van der Waals surface area contributed by atoms with Gasteiger partial charge in [-0.2, -0.15) is 10.1 Å². The van der Waals surface area contributed by atoms with Crippen LogP contribution in [0.5, 0.6) is 0 Å². The van der Waals surface area contributed by atoms with Crippen molar-refractivity contribution in [3.63, 3.8) is 0 Å². The number of rotatable bonds is 5.